The predicted molar refractivity (Wildman–Crippen MR) is 89.2 cm³/mol. The van der Waals surface area contributed by atoms with Gasteiger partial charge in [-0.3, -0.25) is 0 Å². The Hall–Kier alpha value is -1.37. The molecule has 1 saturated carbocycles. The molecule has 0 spiro atoms. The molecule has 21 heavy (non-hydrogen) atoms. The molecule has 1 heteroatoms. The van der Waals surface area contributed by atoms with Gasteiger partial charge in [0.15, 0.2) is 0 Å². The van der Waals surface area contributed by atoms with Gasteiger partial charge in [-0.15, -0.1) is 0 Å². The van der Waals surface area contributed by atoms with Gasteiger partial charge in [0, 0.05) is 5.92 Å². The van der Waals surface area contributed by atoms with E-state index in [1.54, 1.807) is 0 Å². The van der Waals surface area contributed by atoms with Crippen molar-refractivity contribution in [3.05, 3.63) is 48.0 Å². The van der Waals surface area contributed by atoms with Crippen LogP contribution in [0.15, 0.2) is 42.5 Å². The van der Waals surface area contributed by atoms with Gasteiger partial charge in [-0.25, -0.2) is 0 Å². The van der Waals surface area contributed by atoms with E-state index in [1.165, 1.54) is 43.2 Å². The molecule has 0 aliphatic heterocycles. The number of hydrogen-bond acceptors (Lipinski definition) is 1. The summed E-state index contributed by atoms with van der Waals surface area (Å²) in [7, 11) is 0. The lowest BCUT2D eigenvalue weighted by Gasteiger charge is -2.27. The number of rotatable bonds is 7. The molecular formula is C20H28O. The van der Waals surface area contributed by atoms with Crippen LogP contribution in [0.5, 0.6) is 0 Å². The van der Waals surface area contributed by atoms with Crippen molar-refractivity contribution >= 4 is 6.29 Å². The normalized spacial score (nSPS) is 18.9. The summed E-state index contributed by atoms with van der Waals surface area (Å²) in [4.78, 5) is 11.5. The Kier molecular flexibility index (Phi) is 6.22. The highest BCUT2D eigenvalue weighted by Gasteiger charge is 2.22. The SMILES string of the molecule is C=C(CC(C)C(C=O)Cc1ccccc1)C1CCCCC1. The van der Waals surface area contributed by atoms with Crippen molar-refractivity contribution in [2.75, 3.05) is 0 Å². The molecule has 2 atom stereocenters. The zero-order valence-corrected chi connectivity index (χ0v) is 13.3. The van der Waals surface area contributed by atoms with Crippen LogP contribution in [0.4, 0.5) is 0 Å². The minimum absolute atomic E-state index is 0.104. The molecular weight excluding hydrogens is 256 g/mol. The summed E-state index contributed by atoms with van der Waals surface area (Å²) in [6, 6.07) is 10.3. The molecule has 0 heterocycles. The van der Waals surface area contributed by atoms with E-state index >= 15 is 0 Å². The smallest absolute Gasteiger partial charge is 0.123 e. The van der Waals surface area contributed by atoms with Crippen molar-refractivity contribution in [3.8, 4) is 0 Å². The van der Waals surface area contributed by atoms with Crippen LogP contribution in [0.1, 0.15) is 51.0 Å². The maximum Gasteiger partial charge on any atom is 0.123 e. The summed E-state index contributed by atoms with van der Waals surface area (Å²) in [5.41, 5.74) is 2.63. The van der Waals surface area contributed by atoms with Crippen molar-refractivity contribution < 1.29 is 4.79 Å². The highest BCUT2D eigenvalue weighted by Crippen LogP contribution is 2.33. The second kappa shape index (κ2) is 8.17. The van der Waals surface area contributed by atoms with E-state index in [1.807, 2.05) is 18.2 Å². The average Bonchev–Trinajstić information content (AvgIpc) is 2.54. The molecule has 1 fully saturated rings. The first-order valence-corrected chi connectivity index (χ1v) is 8.37. The third-order valence-electron chi connectivity index (χ3n) is 4.99. The Balaban J connectivity index is 1.88. The largest absolute Gasteiger partial charge is 0.303 e. The lowest BCUT2D eigenvalue weighted by Crippen LogP contribution is -2.19. The highest BCUT2D eigenvalue weighted by atomic mass is 16.1. The van der Waals surface area contributed by atoms with Crippen molar-refractivity contribution in [3.63, 3.8) is 0 Å². The number of benzene rings is 1. The van der Waals surface area contributed by atoms with Gasteiger partial charge in [0.2, 0.25) is 0 Å². The van der Waals surface area contributed by atoms with Gasteiger partial charge in [-0.2, -0.15) is 0 Å². The van der Waals surface area contributed by atoms with E-state index in [2.05, 4.69) is 25.6 Å². The van der Waals surface area contributed by atoms with Crippen LogP contribution in [0.25, 0.3) is 0 Å². The van der Waals surface area contributed by atoms with E-state index in [4.69, 9.17) is 0 Å². The van der Waals surface area contributed by atoms with Crippen LogP contribution in [-0.4, -0.2) is 6.29 Å². The molecule has 0 bridgehead atoms. The predicted octanol–water partition coefficient (Wildman–Crippen LogP) is 5.21. The first-order valence-electron chi connectivity index (χ1n) is 8.37. The molecule has 0 saturated heterocycles. The van der Waals surface area contributed by atoms with E-state index in [0.29, 0.717) is 11.8 Å². The van der Waals surface area contributed by atoms with Gasteiger partial charge in [0.1, 0.15) is 6.29 Å². The molecule has 0 amide bonds. The van der Waals surface area contributed by atoms with Crippen molar-refractivity contribution in [2.45, 2.75) is 51.9 Å². The third kappa shape index (κ3) is 4.84. The maximum absolute atomic E-state index is 11.5. The topological polar surface area (TPSA) is 17.1 Å². The van der Waals surface area contributed by atoms with Crippen molar-refractivity contribution in [2.24, 2.45) is 17.8 Å². The molecule has 2 rings (SSSR count). The third-order valence-corrected chi connectivity index (χ3v) is 4.99. The van der Waals surface area contributed by atoms with E-state index in [9.17, 15) is 4.79 Å². The van der Waals surface area contributed by atoms with Gasteiger partial charge in [-0.05, 0) is 43.1 Å². The summed E-state index contributed by atoms with van der Waals surface area (Å²) in [6.07, 6.45) is 9.67. The first kappa shape index (κ1) is 16.0. The zero-order chi connectivity index (χ0) is 15.1. The van der Waals surface area contributed by atoms with Gasteiger partial charge >= 0.3 is 0 Å². The first-order chi connectivity index (χ1) is 10.2. The summed E-state index contributed by atoms with van der Waals surface area (Å²) < 4.78 is 0. The monoisotopic (exact) mass is 284 g/mol. The Bertz CT molecular complexity index is 442. The Labute approximate surface area is 129 Å². The number of allylic oxidation sites excluding steroid dienone is 1. The van der Waals surface area contributed by atoms with Gasteiger partial charge in [-0.1, -0.05) is 68.7 Å². The second-order valence-corrected chi connectivity index (χ2v) is 6.66. The van der Waals surface area contributed by atoms with Gasteiger partial charge < -0.3 is 4.79 Å². The number of carbonyl (C=O) groups is 1. The standard InChI is InChI=1S/C20H28O/c1-16(19-11-7-4-8-12-19)13-17(2)20(15-21)14-18-9-5-3-6-10-18/h3,5-6,9-10,15,17,19-20H,1,4,7-8,11-14H2,2H3. The molecule has 0 aromatic heterocycles. The summed E-state index contributed by atoms with van der Waals surface area (Å²) >= 11 is 0. The van der Waals surface area contributed by atoms with Crippen molar-refractivity contribution in [1.82, 2.24) is 0 Å². The number of hydrogen-bond donors (Lipinski definition) is 0. The number of carbonyl (C=O) groups excluding carboxylic acids is 1. The Morgan fingerprint density at radius 2 is 1.90 bits per heavy atom. The molecule has 0 radical (unpaired) electrons. The average molecular weight is 284 g/mol. The minimum atomic E-state index is 0.104. The maximum atomic E-state index is 11.5. The molecule has 114 valence electrons. The highest BCUT2D eigenvalue weighted by molar-refractivity contribution is 5.55. The lowest BCUT2D eigenvalue weighted by molar-refractivity contribution is -0.112. The number of aldehydes is 1. The fraction of sp³-hybridized carbons (Fsp3) is 0.550. The van der Waals surface area contributed by atoms with Crippen LogP contribution in [-0.2, 0) is 11.2 Å². The van der Waals surface area contributed by atoms with Crippen LogP contribution >= 0.6 is 0 Å². The second-order valence-electron chi connectivity index (χ2n) is 6.66. The lowest BCUT2D eigenvalue weighted by atomic mass is 9.78. The van der Waals surface area contributed by atoms with E-state index < -0.39 is 0 Å². The molecule has 0 N–H and O–H groups in total. The molecule has 1 aromatic carbocycles. The van der Waals surface area contributed by atoms with Gasteiger partial charge in [0.25, 0.3) is 0 Å². The van der Waals surface area contributed by atoms with Crippen LogP contribution in [0, 0.1) is 17.8 Å². The Morgan fingerprint density at radius 3 is 2.52 bits per heavy atom. The molecule has 1 aliphatic rings. The summed E-state index contributed by atoms with van der Waals surface area (Å²) in [6.45, 7) is 6.53. The van der Waals surface area contributed by atoms with Crippen LogP contribution < -0.4 is 0 Å². The quantitative estimate of drug-likeness (QED) is 0.496. The van der Waals surface area contributed by atoms with E-state index in [0.717, 1.165) is 19.1 Å². The molecule has 1 aromatic rings. The van der Waals surface area contributed by atoms with Gasteiger partial charge in [0.05, 0.1) is 0 Å². The Morgan fingerprint density at radius 1 is 1.24 bits per heavy atom. The van der Waals surface area contributed by atoms with Crippen LogP contribution in [0.2, 0.25) is 0 Å². The van der Waals surface area contributed by atoms with Crippen molar-refractivity contribution in [1.29, 1.82) is 0 Å². The van der Waals surface area contributed by atoms with E-state index in [-0.39, 0.29) is 5.92 Å². The summed E-state index contributed by atoms with van der Waals surface area (Å²) in [5.74, 6) is 1.19. The molecule has 1 nitrogen and oxygen atoms in total. The minimum Gasteiger partial charge on any atom is -0.303 e. The molecule has 1 aliphatic carbocycles. The molecule has 2 unspecified atom stereocenters. The fourth-order valence-electron chi connectivity index (χ4n) is 3.51. The van der Waals surface area contributed by atoms with Crippen LogP contribution in [0.3, 0.4) is 0 Å². The summed E-state index contributed by atoms with van der Waals surface area (Å²) in [5, 5.41) is 0. The fourth-order valence-corrected chi connectivity index (χ4v) is 3.51. The zero-order valence-electron chi connectivity index (χ0n) is 13.3.